The van der Waals surface area contributed by atoms with Crippen molar-refractivity contribution in [3.63, 3.8) is 0 Å². The van der Waals surface area contributed by atoms with Crippen molar-refractivity contribution in [2.45, 2.75) is 11.8 Å². The van der Waals surface area contributed by atoms with Crippen molar-refractivity contribution in [3.8, 4) is 27.8 Å². The van der Waals surface area contributed by atoms with E-state index in [0.717, 1.165) is 21.1 Å². The number of H-pyrrole nitrogens is 1. The molecule has 174 valence electrons. The molecule has 3 heterocycles. The zero-order valence-electron chi connectivity index (χ0n) is 18.8. The number of thioether (sulfide) groups is 1. The number of thiophene rings is 1. The van der Waals surface area contributed by atoms with Gasteiger partial charge in [0, 0.05) is 22.6 Å². The number of nitrogens with zero attached hydrogens (tertiary/aromatic N) is 3. The van der Waals surface area contributed by atoms with Crippen molar-refractivity contribution < 1.29 is 4.79 Å². The molecular weight excluding hydrogens is 478 g/mol. The summed E-state index contributed by atoms with van der Waals surface area (Å²) in [6, 6.07) is 24.0. The molecule has 0 saturated carbocycles. The molecule has 0 unspecified atom stereocenters. The molecule has 0 spiro atoms. The Kier molecular flexibility index (Phi) is 6.60. The highest BCUT2D eigenvalue weighted by atomic mass is 32.2. The van der Waals surface area contributed by atoms with Gasteiger partial charge >= 0.3 is 0 Å². The van der Waals surface area contributed by atoms with Crippen LogP contribution in [0.15, 0.2) is 93.9 Å². The van der Waals surface area contributed by atoms with Crippen molar-refractivity contribution in [1.82, 2.24) is 19.7 Å². The zero-order chi connectivity index (χ0) is 24.2. The van der Waals surface area contributed by atoms with Crippen molar-refractivity contribution in [1.29, 1.82) is 0 Å². The Hall–Kier alpha value is -3.95. The molecule has 1 amide bonds. The van der Waals surface area contributed by atoms with Crippen molar-refractivity contribution in [2.24, 2.45) is 0 Å². The Bertz CT molecular complexity index is 1530. The van der Waals surface area contributed by atoms with Crippen molar-refractivity contribution in [3.05, 3.63) is 100 Å². The van der Waals surface area contributed by atoms with Crippen molar-refractivity contribution >= 4 is 34.8 Å². The smallest absolute Gasteiger partial charge is 0.257 e. The van der Waals surface area contributed by atoms with Gasteiger partial charge in [-0.25, -0.2) is 4.98 Å². The first-order chi connectivity index (χ1) is 17.1. The van der Waals surface area contributed by atoms with Gasteiger partial charge in [-0.1, -0.05) is 55.5 Å². The lowest BCUT2D eigenvalue weighted by molar-refractivity contribution is 0.102. The van der Waals surface area contributed by atoms with Crippen LogP contribution in [0, 0.1) is 0 Å². The van der Waals surface area contributed by atoms with Gasteiger partial charge in [-0.3, -0.25) is 14.6 Å². The van der Waals surface area contributed by atoms with E-state index in [0.29, 0.717) is 22.8 Å². The molecule has 3 aromatic heterocycles. The molecule has 5 aromatic rings. The lowest BCUT2D eigenvalue weighted by Crippen LogP contribution is -2.19. The number of hydrogen-bond acceptors (Lipinski definition) is 6. The molecule has 0 fully saturated rings. The summed E-state index contributed by atoms with van der Waals surface area (Å²) in [5.41, 5.74) is 2.24. The molecule has 0 aliphatic heterocycles. The summed E-state index contributed by atoms with van der Waals surface area (Å²) >= 11 is 3.14. The Morgan fingerprint density at radius 2 is 1.83 bits per heavy atom. The molecular formula is C26H21N5O2S2. The van der Waals surface area contributed by atoms with E-state index in [9.17, 15) is 9.59 Å². The van der Waals surface area contributed by atoms with Gasteiger partial charge in [-0.05, 0) is 29.3 Å². The summed E-state index contributed by atoms with van der Waals surface area (Å²) in [5, 5.41) is 9.61. The molecule has 0 aliphatic rings. The number of anilines is 1. The van der Waals surface area contributed by atoms with Gasteiger partial charge in [0.25, 0.3) is 11.5 Å². The molecule has 9 heteroatoms. The van der Waals surface area contributed by atoms with Crippen LogP contribution in [-0.4, -0.2) is 31.4 Å². The fourth-order valence-corrected chi connectivity index (χ4v) is 5.08. The van der Waals surface area contributed by atoms with E-state index in [1.165, 1.54) is 22.1 Å². The van der Waals surface area contributed by atoms with Crippen LogP contribution in [0.4, 0.5) is 5.82 Å². The van der Waals surface area contributed by atoms with Crippen LogP contribution in [-0.2, 0) is 0 Å². The monoisotopic (exact) mass is 499 g/mol. The molecule has 0 aliphatic carbocycles. The fraction of sp³-hybridized carbons (Fsp3) is 0.0769. The average Bonchev–Trinajstić information content (AvgIpc) is 3.55. The second-order valence-electron chi connectivity index (χ2n) is 7.51. The largest absolute Gasteiger partial charge is 0.306 e. The van der Waals surface area contributed by atoms with Gasteiger partial charge in [-0.15, -0.1) is 23.1 Å². The van der Waals surface area contributed by atoms with Crippen LogP contribution >= 0.6 is 23.1 Å². The highest BCUT2D eigenvalue weighted by Gasteiger charge is 2.19. The number of rotatable bonds is 7. The summed E-state index contributed by atoms with van der Waals surface area (Å²) in [5.74, 6) is 1.21. The van der Waals surface area contributed by atoms with E-state index in [1.807, 2.05) is 73.0 Å². The van der Waals surface area contributed by atoms with Crippen LogP contribution in [0.3, 0.4) is 0 Å². The van der Waals surface area contributed by atoms with Crippen LogP contribution < -0.4 is 10.9 Å². The molecule has 5 rings (SSSR count). The number of aromatic amines is 1. The predicted molar refractivity (Wildman–Crippen MR) is 142 cm³/mol. The van der Waals surface area contributed by atoms with Crippen LogP contribution in [0.1, 0.15) is 17.3 Å². The Morgan fingerprint density at radius 1 is 1.03 bits per heavy atom. The van der Waals surface area contributed by atoms with Crippen molar-refractivity contribution in [2.75, 3.05) is 11.1 Å². The van der Waals surface area contributed by atoms with E-state index in [4.69, 9.17) is 0 Å². The number of hydrogen-bond donors (Lipinski definition) is 2. The van der Waals surface area contributed by atoms with Gasteiger partial charge < -0.3 is 5.32 Å². The molecule has 35 heavy (non-hydrogen) atoms. The highest BCUT2D eigenvalue weighted by molar-refractivity contribution is 7.99. The lowest BCUT2D eigenvalue weighted by Gasteiger charge is -2.11. The number of aromatic nitrogens is 4. The first-order valence-electron chi connectivity index (χ1n) is 11.0. The molecule has 0 bridgehead atoms. The summed E-state index contributed by atoms with van der Waals surface area (Å²) in [7, 11) is 0. The third-order valence-corrected chi connectivity index (χ3v) is 7.00. The maximum Gasteiger partial charge on any atom is 0.257 e. The van der Waals surface area contributed by atoms with Gasteiger partial charge in [0.15, 0.2) is 0 Å². The zero-order valence-corrected chi connectivity index (χ0v) is 20.4. The first kappa shape index (κ1) is 22.8. The predicted octanol–water partition coefficient (Wildman–Crippen LogP) is 5.72. The normalized spacial score (nSPS) is 10.9. The topological polar surface area (TPSA) is 92.7 Å². The molecule has 0 saturated heterocycles. The quantitative estimate of drug-likeness (QED) is 0.280. The number of benzene rings is 2. The third kappa shape index (κ3) is 4.96. The van der Waals surface area contributed by atoms with Crippen LogP contribution in [0.5, 0.6) is 0 Å². The molecule has 7 nitrogen and oxygen atoms in total. The molecule has 0 atom stereocenters. The second-order valence-corrected chi connectivity index (χ2v) is 9.76. The third-order valence-electron chi connectivity index (χ3n) is 5.16. The van der Waals surface area contributed by atoms with E-state index >= 15 is 0 Å². The molecule has 2 aromatic carbocycles. The van der Waals surface area contributed by atoms with E-state index in [-0.39, 0.29) is 17.4 Å². The second kappa shape index (κ2) is 10.1. The first-order valence-corrected chi connectivity index (χ1v) is 12.8. The van der Waals surface area contributed by atoms with Gasteiger partial charge in [0.2, 0.25) is 5.95 Å². The lowest BCUT2D eigenvalue weighted by atomic mass is 10.1. The molecule has 0 radical (unpaired) electrons. The van der Waals surface area contributed by atoms with E-state index in [1.54, 1.807) is 23.9 Å². The summed E-state index contributed by atoms with van der Waals surface area (Å²) in [6.45, 7) is 2.05. The van der Waals surface area contributed by atoms with Crippen LogP contribution in [0.2, 0.25) is 0 Å². The Morgan fingerprint density at radius 3 is 2.60 bits per heavy atom. The summed E-state index contributed by atoms with van der Waals surface area (Å²) in [6.07, 6.45) is 0. The minimum absolute atomic E-state index is 0.214. The van der Waals surface area contributed by atoms with E-state index in [2.05, 4.69) is 20.4 Å². The van der Waals surface area contributed by atoms with Gasteiger partial charge in [0.05, 0.1) is 16.1 Å². The number of amides is 1. The minimum atomic E-state index is -0.316. The standard InChI is InChI=1S/C26H21N5O2S2/c1-2-34-21-12-7-6-11-18(21)25(33)28-23-15-20(22-13-8-14-35-22)30-31(23)26-27-19(16-24(32)29-26)17-9-4-3-5-10-17/h3-16H,2H2,1H3,(H,28,33)(H,27,29,32). The molecule has 2 N–H and O–H groups in total. The summed E-state index contributed by atoms with van der Waals surface area (Å²) < 4.78 is 1.47. The Labute approximate surface area is 209 Å². The highest BCUT2D eigenvalue weighted by Crippen LogP contribution is 2.29. The number of carbonyl (C=O) groups is 1. The summed E-state index contributed by atoms with van der Waals surface area (Å²) in [4.78, 5) is 35.1. The minimum Gasteiger partial charge on any atom is -0.306 e. The fourth-order valence-electron chi connectivity index (χ4n) is 3.60. The Balaban J connectivity index is 1.59. The van der Waals surface area contributed by atoms with Gasteiger partial charge in [-0.2, -0.15) is 9.78 Å². The number of carbonyl (C=O) groups excluding carboxylic acids is 1. The van der Waals surface area contributed by atoms with Gasteiger partial charge in [0.1, 0.15) is 11.5 Å². The SMILES string of the molecule is CCSc1ccccc1C(=O)Nc1cc(-c2cccs2)nn1-c1nc(-c2ccccc2)cc(=O)[nH]1. The van der Waals surface area contributed by atoms with Crippen LogP contribution in [0.25, 0.3) is 27.8 Å². The maximum atomic E-state index is 13.3. The maximum absolute atomic E-state index is 13.3. The average molecular weight is 500 g/mol. The number of nitrogens with one attached hydrogen (secondary N) is 2. The van der Waals surface area contributed by atoms with E-state index < -0.39 is 0 Å².